The van der Waals surface area contributed by atoms with Crippen molar-refractivity contribution in [1.29, 1.82) is 0 Å². The molecule has 0 bridgehead atoms. The number of nitrogens with one attached hydrogen (secondary N) is 1. The van der Waals surface area contributed by atoms with E-state index in [9.17, 15) is 0 Å². The van der Waals surface area contributed by atoms with Crippen molar-refractivity contribution in [2.24, 2.45) is 0 Å². The molecule has 1 atom stereocenters. The van der Waals surface area contributed by atoms with E-state index in [1.54, 1.807) is 18.4 Å². The van der Waals surface area contributed by atoms with Crippen LogP contribution in [0.1, 0.15) is 23.0 Å². The van der Waals surface area contributed by atoms with Crippen LogP contribution in [0, 0.1) is 0 Å². The monoisotopic (exact) mass is 387 g/mol. The number of hydrogen-bond acceptors (Lipinski definition) is 5. The lowest BCUT2D eigenvalue weighted by Gasteiger charge is -2.30. The molecule has 0 amide bonds. The van der Waals surface area contributed by atoms with Gasteiger partial charge in [-0.15, -0.1) is 11.3 Å². The van der Waals surface area contributed by atoms with Gasteiger partial charge in [0.05, 0.1) is 23.4 Å². The zero-order valence-corrected chi connectivity index (χ0v) is 16.3. The van der Waals surface area contributed by atoms with Crippen LogP contribution in [0.4, 0.5) is 0 Å². The van der Waals surface area contributed by atoms with Crippen LogP contribution in [-0.2, 0) is 0 Å². The van der Waals surface area contributed by atoms with Gasteiger partial charge < -0.3 is 10.1 Å². The van der Waals surface area contributed by atoms with Crippen LogP contribution in [0.5, 0.6) is 5.75 Å². The van der Waals surface area contributed by atoms with E-state index < -0.39 is 0 Å². The molecule has 6 heteroatoms. The number of halogens is 1. The fraction of sp³-hybridized carbons (Fsp3) is 0.350. The zero-order valence-electron chi connectivity index (χ0n) is 14.7. The van der Waals surface area contributed by atoms with Crippen molar-refractivity contribution in [3.63, 3.8) is 0 Å². The zero-order chi connectivity index (χ0) is 17.9. The van der Waals surface area contributed by atoms with E-state index in [0.29, 0.717) is 0 Å². The minimum Gasteiger partial charge on any atom is -0.496 e. The van der Waals surface area contributed by atoms with Crippen molar-refractivity contribution in [1.82, 2.24) is 15.2 Å². The van der Waals surface area contributed by atoms with Crippen molar-refractivity contribution >= 4 is 33.2 Å². The molecule has 2 aromatic carbocycles. The van der Waals surface area contributed by atoms with Crippen molar-refractivity contribution in [2.45, 2.75) is 12.5 Å². The molecule has 0 saturated carbocycles. The molecule has 2 heterocycles. The van der Waals surface area contributed by atoms with Gasteiger partial charge in [0.1, 0.15) is 10.8 Å². The van der Waals surface area contributed by atoms with Gasteiger partial charge in [0.2, 0.25) is 0 Å². The number of rotatable bonds is 4. The first-order valence-electron chi connectivity index (χ1n) is 8.90. The lowest BCUT2D eigenvalue weighted by molar-refractivity contribution is 0.236. The van der Waals surface area contributed by atoms with Crippen LogP contribution in [0.25, 0.3) is 10.2 Å². The molecule has 1 N–H and O–H groups in total. The van der Waals surface area contributed by atoms with Crippen molar-refractivity contribution in [2.75, 3.05) is 33.3 Å². The Morgan fingerprint density at radius 3 is 2.92 bits per heavy atom. The van der Waals surface area contributed by atoms with Gasteiger partial charge in [-0.1, -0.05) is 23.7 Å². The first kappa shape index (κ1) is 17.7. The fourth-order valence-corrected chi connectivity index (χ4v) is 4.84. The van der Waals surface area contributed by atoms with Crippen LogP contribution in [0.15, 0.2) is 42.5 Å². The third-order valence-corrected chi connectivity index (χ3v) is 6.09. The molecule has 1 aromatic heterocycles. The second-order valence-electron chi connectivity index (χ2n) is 6.45. The Bertz CT molecular complexity index is 857. The molecule has 1 aliphatic rings. The van der Waals surface area contributed by atoms with Gasteiger partial charge in [-0.3, -0.25) is 4.90 Å². The number of thiazole rings is 1. The van der Waals surface area contributed by atoms with E-state index in [1.165, 1.54) is 4.70 Å². The van der Waals surface area contributed by atoms with Crippen LogP contribution in [0.3, 0.4) is 0 Å². The number of benzene rings is 2. The van der Waals surface area contributed by atoms with E-state index in [2.05, 4.69) is 28.4 Å². The minimum absolute atomic E-state index is 0.0425. The Balaban J connectivity index is 1.85. The van der Waals surface area contributed by atoms with Gasteiger partial charge in [0, 0.05) is 30.2 Å². The standard InChI is InChI=1S/C20H22ClN3OS/c1-25-17-8-7-14(21)13-15(17)19(24-11-4-9-22-10-12-24)20-23-16-5-2-3-6-18(16)26-20/h2-3,5-8,13,19,22H,4,9-12H2,1H3. The Morgan fingerprint density at radius 1 is 1.19 bits per heavy atom. The van der Waals surface area contributed by atoms with Crippen molar-refractivity contribution < 1.29 is 4.74 Å². The molecule has 1 aliphatic heterocycles. The highest BCUT2D eigenvalue weighted by Crippen LogP contribution is 2.39. The molecule has 0 aliphatic carbocycles. The Morgan fingerprint density at radius 2 is 2.08 bits per heavy atom. The van der Waals surface area contributed by atoms with Gasteiger partial charge in [-0.25, -0.2) is 4.98 Å². The minimum atomic E-state index is 0.0425. The third-order valence-electron chi connectivity index (χ3n) is 4.77. The van der Waals surface area contributed by atoms with Crippen LogP contribution in [-0.4, -0.2) is 43.2 Å². The smallest absolute Gasteiger partial charge is 0.124 e. The van der Waals surface area contributed by atoms with Gasteiger partial charge in [-0.05, 0) is 43.3 Å². The summed E-state index contributed by atoms with van der Waals surface area (Å²) >= 11 is 8.11. The second-order valence-corrected chi connectivity index (χ2v) is 7.95. The maximum Gasteiger partial charge on any atom is 0.124 e. The lowest BCUT2D eigenvalue weighted by Crippen LogP contribution is -2.33. The molecule has 0 spiro atoms. The summed E-state index contributed by atoms with van der Waals surface area (Å²) in [5.41, 5.74) is 2.13. The number of aromatic nitrogens is 1. The summed E-state index contributed by atoms with van der Waals surface area (Å²) in [6.45, 7) is 4.01. The summed E-state index contributed by atoms with van der Waals surface area (Å²) in [4.78, 5) is 7.45. The number of ether oxygens (including phenoxy) is 1. The summed E-state index contributed by atoms with van der Waals surface area (Å²) < 4.78 is 6.88. The molecular formula is C20H22ClN3OS. The molecule has 1 saturated heterocycles. The third kappa shape index (κ3) is 3.58. The SMILES string of the molecule is COc1ccc(Cl)cc1C(c1nc2ccccc2s1)N1CCCNCC1. The summed E-state index contributed by atoms with van der Waals surface area (Å²) in [5.74, 6) is 0.857. The predicted molar refractivity (Wildman–Crippen MR) is 109 cm³/mol. The van der Waals surface area contributed by atoms with Crippen LogP contribution < -0.4 is 10.1 Å². The van der Waals surface area contributed by atoms with Gasteiger partial charge >= 0.3 is 0 Å². The van der Waals surface area contributed by atoms with E-state index in [-0.39, 0.29) is 6.04 Å². The lowest BCUT2D eigenvalue weighted by atomic mass is 10.0. The molecular weight excluding hydrogens is 366 g/mol. The summed E-state index contributed by atoms with van der Waals surface area (Å²) in [5, 5.41) is 5.30. The number of nitrogens with zero attached hydrogens (tertiary/aromatic N) is 2. The van der Waals surface area contributed by atoms with Gasteiger partial charge in [-0.2, -0.15) is 0 Å². The Kier molecular flexibility index (Phi) is 5.41. The first-order valence-corrected chi connectivity index (χ1v) is 10.1. The highest BCUT2D eigenvalue weighted by molar-refractivity contribution is 7.18. The largest absolute Gasteiger partial charge is 0.496 e. The van der Waals surface area contributed by atoms with Crippen molar-refractivity contribution in [3.05, 3.63) is 58.1 Å². The molecule has 0 radical (unpaired) electrons. The van der Waals surface area contributed by atoms with Gasteiger partial charge in [0.15, 0.2) is 0 Å². The van der Waals surface area contributed by atoms with Gasteiger partial charge in [0.25, 0.3) is 0 Å². The summed E-state index contributed by atoms with van der Waals surface area (Å²) in [7, 11) is 1.71. The predicted octanol–water partition coefficient (Wildman–Crippen LogP) is 4.34. The molecule has 3 aromatic rings. The van der Waals surface area contributed by atoms with E-state index in [1.807, 2.05) is 24.3 Å². The Labute approximate surface area is 162 Å². The number of fused-ring (bicyclic) bond motifs is 1. The maximum absolute atomic E-state index is 6.35. The van der Waals surface area contributed by atoms with E-state index >= 15 is 0 Å². The first-order chi connectivity index (χ1) is 12.8. The molecule has 1 fully saturated rings. The molecule has 1 unspecified atom stereocenters. The highest BCUT2D eigenvalue weighted by Gasteiger charge is 2.29. The Hall–Kier alpha value is -1.66. The topological polar surface area (TPSA) is 37.4 Å². The maximum atomic E-state index is 6.35. The highest BCUT2D eigenvalue weighted by atomic mass is 35.5. The summed E-state index contributed by atoms with van der Waals surface area (Å²) in [6.07, 6.45) is 1.12. The summed E-state index contributed by atoms with van der Waals surface area (Å²) in [6, 6.07) is 14.2. The molecule has 136 valence electrons. The average molecular weight is 388 g/mol. The normalized spacial score (nSPS) is 17.2. The molecule has 4 rings (SSSR count). The average Bonchev–Trinajstić information content (AvgIpc) is 2.89. The van der Waals surface area contributed by atoms with Crippen LogP contribution in [0.2, 0.25) is 5.02 Å². The number of methoxy groups -OCH3 is 1. The van der Waals surface area contributed by atoms with Crippen molar-refractivity contribution in [3.8, 4) is 5.75 Å². The van der Waals surface area contributed by atoms with E-state index in [4.69, 9.17) is 21.3 Å². The number of hydrogen-bond donors (Lipinski definition) is 1. The quantitative estimate of drug-likeness (QED) is 0.722. The van der Waals surface area contributed by atoms with Crippen LogP contribution >= 0.6 is 22.9 Å². The number of para-hydroxylation sites is 1. The molecule has 26 heavy (non-hydrogen) atoms. The second kappa shape index (κ2) is 7.92. The van der Waals surface area contributed by atoms with E-state index in [0.717, 1.165) is 59.5 Å². The molecule has 4 nitrogen and oxygen atoms in total. The fourth-order valence-electron chi connectivity index (χ4n) is 3.54.